The van der Waals surface area contributed by atoms with Crippen molar-refractivity contribution in [1.29, 1.82) is 0 Å². The fourth-order valence-electron chi connectivity index (χ4n) is 1.99. The van der Waals surface area contributed by atoms with E-state index in [9.17, 15) is 9.18 Å². The van der Waals surface area contributed by atoms with Gasteiger partial charge in [0, 0.05) is 12.2 Å². The molecule has 1 aromatic heterocycles. The van der Waals surface area contributed by atoms with Crippen molar-refractivity contribution in [2.75, 3.05) is 18.0 Å². The van der Waals surface area contributed by atoms with E-state index >= 15 is 0 Å². The number of halogens is 1. The molecule has 0 unspecified atom stereocenters. The molecule has 1 amide bonds. The van der Waals surface area contributed by atoms with Gasteiger partial charge in [0.2, 0.25) is 0 Å². The van der Waals surface area contributed by atoms with Crippen molar-refractivity contribution < 1.29 is 13.6 Å². The fourth-order valence-corrected chi connectivity index (χ4v) is 1.99. The van der Waals surface area contributed by atoms with E-state index in [2.05, 4.69) is 0 Å². The summed E-state index contributed by atoms with van der Waals surface area (Å²) in [7, 11) is 0. The summed E-state index contributed by atoms with van der Waals surface area (Å²) in [5.41, 5.74) is 6.50. The van der Waals surface area contributed by atoms with Crippen molar-refractivity contribution in [3.8, 4) is 0 Å². The third-order valence-corrected chi connectivity index (χ3v) is 3.04. The number of furan rings is 1. The molecule has 2 rings (SSSR count). The van der Waals surface area contributed by atoms with Crippen LogP contribution in [-0.4, -0.2) is 19.0 Å². The van der Waals surface area contributed by atoms with Crippen LogP contribution in [0.15, 0.2) is 41.0 Å². The third-order valence-electron chi connectivity index (χ3n) is 3.04. The molecule has 4 nitrogen and oxygen atoms in total. The summed E-state index contributed by atoms with van der Waals surface area (Å²) >= 11 is 0. The fraction of sp³-hybridized carbons (Fsp3) is 0.267. The van der Waals surface area contributed by atoms with Gasteiger partial charge in [0.1, 0.15) is 11.6 Å². The predicted octanol–water partition coefficient (Wildman–Crippen LogP) is 2.72. The number of hydrogen-bond acceptors (Lipinski definition) is 3. The molecule has 0 saturated heterocycles. The average Bonchev–Trinajstić information content (AvgIpc) is 2.85. The van der Waals surface area contributed by atoms with Gasteiger partial charge < -0.3 is 15.1 Å². The Hall–Kier alpha value is -2.14. The van der Waals surface area contributed by atoms with Crippen LogP contribution in [0.25, 0.3) is 0 Å². The summed E-state index contributed by atoms with van der Waals surface area (Å²) in [6, 6.07) is 7.58. The van der Waals surface area contributed by atoms with E-state index in [0.29, 0.717) is 36.5 Å². The lowest BCUT2D eigenvalue weighted by Gasteiger charge is -2.22. The standard InChI is InChI=1S/C15H17FN2O2/c1-11-14(6-9-20-11)15(19)18(8-3-7-17)13-5-2-4-12(16)10-13/h2,4-6,9-10H,3,7-8,17H2,1H3. The maximum absolute atomic E-state index is 13.4. The van der Waals surface area contributed by atoms with Crippen molar-refractivity contribution in [3.05, 3.63) is 53.7 Å². The largest absolute Gasteiger partial charge is 0.469 e. The number of hydrogen-bond donors (Lipinski definition) is 1. The molecule has 2 N–H and O–H groups in total. The molecule has 0 atom stereocenters. The average molecular weight is 276 g/mol. The summed E-state index contributed by atoms with van der Waals surface area (Å²) in [4.78, 5) is 14.1. The van der Waals surface area contributed by atoms with E-state index in [1.54, 1.807) is 25.1 Å². The lowest BCUT2D eigenvalue weighted by Crippen LogP contribution is -2.33. The van der Waals surface area contributed by atoms with Crippen molar-refractivity contribution >= 4 is 11.6 Å². The number of nitrogens with two attached hydrogens (primary N) is 1. The molecule has 1 heterocycles. The summed E-state index contributed by atoms with van der Waals surface area (Å²) in [6.07, 6.45) is 2.11. The van der Waals surface area contributed by atoms with E-state index < -0.39 is 0 Å². The Labute approximate surface area is 117 Å². The Bertz CT molecular complexity index is 595. The minimum absolute atomic E-state index is 0.213. The molecule has 0 aliphatic carbocycles. The summed E-state index contributed by atoms with van der Waals surface area (Å²) in [5.74, 6) is -0.0450. The first-order valence-corrected chi connectivity index (χ1v) is 6.45. The van der Waals surface area contributed by atoms with E-state index in [1.807, 2.05) is 0 Å². The SMILES string of the molecule is Cc1occc1C(=O)N(CCCN)c1cccc(F)c1. The molecule has 0 saturated carbocycles. The van der Waals surface area contributed by atoms with Gasteiger partial charge in [-0.25, -0.2) is 4.39 Å². The molecule has 0 aliphatic heterocycles. The van der Waals surface area contributed by atoms with E-state index in [0.717, 1.165) is 0 Å². The first kappa shape index (κ1) is 14.3. The quantitative estimate of drug-likeness (QED) is 0.913. The second-order valence-corrected chi connectivity index (χ2v) is 4.47. The van der Waals surface area contributed by atoms with Gasteiger partial charge in [-0.2, -0.15) is 0 Å². The highest BCUT2D eigenvalue weighted by Gasteiger charge is 2.20. The number of carbonyl (C=O) groups excluding carboxylic acids is 1. The van der Waals surface area contributed by atoms with Gasteiger partial charge >= 0.3 is 0 Å². The van der Waals surface area contributed by atoms with Crippen LogP contribution >= 0.6 is 0 Å². The molecular weight excluding hydrogens is 259 g/mol. The zero-order chi connectivity index (χ0) is 14.5. The van der Waals surface area contributed by atoms with Crippen LogP contribution < -0.4 is 10.6 Å². The maximum atomic E-state index is 13.4. The van der Waals surface area contributed by atoms with Crippen LogP contribution in [-0.2, 0) is 0 Å². The van der Waals surface area contributed by atoms with Crippen LogP contribution in [0.5, 0.6) is 0 Å². The molecular formula is C15H17FN2O2. The van der Waals surface area contributed by atoms with Gasteiger partial charge in [0.05, 0.1) is 11.8 Å². The number of benzene rings is 1. The van der Waals surface area contributed by atoms with E-state index in [-0.39, 0.29) is 11.7 Å². The molecule has 5 heteroatoms. The van der Waals surface area contributed by atoms with Gasteiger partial charge in [-0.3, -0.25) is 4.79 Å². The van der Waals surface area contributed by atoms with Crippen LogP contribution in [0.2, 0.25) is 0 Å². The monoisotopic (exact) mass is 276 g/mol. The zero-order valence-corrected chi connectivity index (χ0v) is 11.3. The van der Waals surface area contributed by atoms with Gasteiger partial charge in [0.25, 0.3) is 5.91 Å². The lowest BCUT2D eigenvalue weighted by atomic mass is 10.2. The highest BCUT2D eigenvalue weighted by Crippen LogP contribution is 2.20. The van der Waals surface area contributed by atoms with Gasteiger partial charge in [0.15, 0.2) is 0 Å². The van der Waals surface area contributed by atoms with E-state index in [1.165, 1.54) is 23.3 Å². The molecule has 2 aromatic rings. The van der Waals surface area contributed by atoms with Gasteiger partial charge in [-0.1, -0.05) is 6.07 Å². The van der Waals surface area contributed by atoms with Crippen molar-refractivity contribution in [2.45, 2.75) is 13.3 Å². The molecule has 0 radical (unpaired) electrons. The summed E-state index contributed by atoms with van der Waals surface area (Å²) in [5, 5.41) is 0. The van der Waals surface area contributed by atoms with Crippen LogP contribution in [0.4, 0.5) is 10.1 Å². The number of carbonyl (C=O) groups is 1. The number of aryl methyl sites for hydroxylation is 1. The van der Waals surface area contributed by atoms with Crippen LogP contribution in [0.1, 0.15) is 22.5 Å². The molecule has 0 aliphatic rings. The Morgan fingerprint density at radius 1 is 1.40 bits per heavy atom. The second-order valence-electron chi connectivity index (χ2n) is 4.47. The molecule has 106 valence electrons. The highest BCUT2D eigenvalue weighted by molar-refractivity contribution is 6.06. The first-order chi connectivity index (χ1) is 9.63. The van der Waals surface area contributed by atoms with Crippen molar-refractivity contribution in [2.24, 2.45) is 5.73 Å². The Balaban J connectivity index is 2.32. The van der Waals surface area contributed by atoms with Crippen molar-refractivity contribution in [1.82, 2.24) is 0 Å². The summed E-state index contributed by atoms with van der Waals surface area (Å²) < 4.78 is 18.5. The minimum atomic E-state index is -0.378. The minimum Gasteiger partial charge on any atom is -0.469 e. The topological polar surface area (TPSA) is 59.5 Å². The normalized spacial score (nSPS) is 10.6. The molecule has 0 bridgehead atoms. The number of rotatable bonds is 5. The van der Waals surface area contributed by atoms with Crippen molar-refractivity contribution in [3.63, 3.8) is 0 Å². The summed E-state index contributed by atoms with van der Waals surface area (Å²) in [6.45, 7) is 2.62. The number of anilines is 1. The third kappa shape index (κ3) is 3.05. The Kier molecular flexibility index (Phi) is 4.53. The lowest BCUT2D eigenvalue weighted by molar-refractivity contribution is 0.0985. The zero-order valence-electron chi connectivity index (χ0n) is 11.3. The Morgan fingerprint density at radius 2 is 2.20 bits per heavy atom. The number of nitrogens with zero attached hydrogens (tertiary/aromatic N) is 1. The first-order valence-electron chi connectivity index (χ1n) is 6.45. The highest BCUT2D eigenvalue weighted by atomic mass is 19.1. The van der Waals surface area contributed by atoms with Gasteiger partial charge in [-0.15, -0.1) is 0 Å². The molecule has 0 fully saturated rings. The van der Waals surface area contributed by atoms with Crippen LogP contribution in [0, 0.1) is 12.7 Å². The molecule has 1 aromatic carbocycles. The number of amides is 1. The molecule has 0 spiro atoms. The van der Waals surface area contributed by atoms with E-state index in [4.69, 9.17) is 10.2 Å². The molecule has 20 heavy (non-hydrogen) atoms. The van der Waals surface area contributed by atoms with Gasteiger partial charge in [-0.05, 0) is 44.2 Å². The second kappa shape index (κ2) is 6.34. The predicted molar refractivity (Wildman–Crippen MR) is 75.2 cm³/mol. The van der Waals surface area contributed by atoms with Crippen LogP contribution in [0.3, 0.4) is 0 Å². The smallest absolute Gasteiger partial charge is 0.261 e. The maximum Gasteiger partial charge on any atom is 0.261 e. The Morgan fingerprint density at radius 3 is 2.80 bits per heavy atom.